The molecule has 0 aliphatic heterocycles. The molecule has 0 aromatic heterocycles. The van der Waals surface area contributed by atoms with E-state index < -0.39 is 11.5 Å². The Morgan fingerprint density at radius 2 is 2.11 bits per heavy atom. The summed E-state index contributed by atoms with van der Waals surface area (Å²) < 4.78 is 0.767. The Hall–Kier alpha value is -0.740. The highest BCUT2D eigenvalue weighted by Crippen LogP contribution is 2.36. The molecule has 0 saturated heterocycles. The molecule has 2 rings (SSSR count). The first kappa shape index (κ1) is 14.7. The van der Waals surface area contributed by atoms with Gasteiger partial charge in [0.15, 0.2) is 0 Å². The molecule has 3 nitrogen and oxygen atoms in total. The van der Waals surface area contributed by atoms with Crippen LogP contribution in [0.5, 0.6) is 0 Å². The van der Waals surface area contributed by atoms with E-state index in [0.717, 1.165) is 23.0 Å². The standard InChI is InChI=1S/C14H17BrClNO2/c1-9-4-6-14(7-5-9,13(18)19)17-10-2-3-12(16)11(15)8-10/h2-3,8-9,17H,4-7H2,1H3,(H,18,19). The Balaban J connectivity index is 2.21. The maximum absolute atomic E-state index is 11.6. The predicted molar refractivity (Wildman–Crippen MR) is 80.8 cm³/mol. The Labute approximate surface area is 126 Å². The number of benzene rings is 1. The molecule has 19 heavy (non-hydrogen) atoms. The fraction of sp³-hybridized carbons (Fsp3) is 0.500. The molecule has 1 aliphatic carbocycles. The van der Waals surface area contributed by atoms with Gasteiger partial charge in [-0.15, -0.1) is 0 Å². The first-order chi connectivity index (χ1) is 8.93. The number of anilines is 1. The quantitative estimate of drug-likeness (QED) is 0.844. The first-order valence-corrected chi connectivity index (χ1v) is 7.57. The topological polar surface area (TPSA) is 49.3 Å². The number of hydrogen-bond acceptors (Lipinski definition) is 2. The molecule has 0 radical (unpaired) electrons. The van der Waals surface area contributed by atoms with Gasteiger partial charge in [0.2, 0.25) is 0 Å². The molecule has 1 aliphatic rings. The van der Waals surface area contributed by atoms with Crippen LogP contribution >= 0.6 is 27.5 Å². The van der Waals surface area contributed by atoms with Crippen LogP contribution in [-0.2, 0) is 4.79 Å². The summed E-state index contributed by atoms with van der Waals surface area (Å²) in [5.41, 5.74) is -0.0620. The van der Waals surface area contributed by atoms with Gasteiger partial charge in [-0.25, -0.2) is 4.79 Å². The van der Waals surface area contributed by atoms with Crippen molar-refractivity contribution >= 4 is 39.2 Å². The zero-order chi connectivity index (χ0) is 14.0. The summed E-state index contributed by atoms with van der Waals surface area (Å²) in [5, 5.41) is 13.4. The third-order valence-electron chi connectivity index (χ3n) is 3.84. The Bertz CT molecular complexity index is 484. The molecule has 0 spiro atoms. The van der Waals surface area contributed by atoms with Crippen LogP contribution in [0.4, 0.5) is 5.69 Å². The lowest BCUT2D eigenvalue weighted by molar-refractivity contribution is -0.143. The fourth-order valence-electron chi connectivity index (χ4n) is 2.50. The summed E-state index contributed by atoms with van der Waals surface area (Å²) in [6.07, 6.45) is 3.19. The summed E-state index contributed by atoms with van der Waals surface area (Å²) in [6, 6.07) is 5.40. The minimum atomic E-state index is -0.847. The molecular weight excluding hydrogens is 330 g/mol. The molecule has 0 bridgehead atoms. The number of carboxylic acid groups (broad SMARTS) is 1. The summed E-state index contributed by atoms with van der Waals surface area (Å²) in [4.78, 5) is 11.6. The van der Waals surface area contributed by atoms with Crippen molar-refractivity contribution in [2.45, 2.75) is 38.1 Å². The highest BCUT2D eigenvalue weighted by atomic mass is 79.9. The summed E-state index contributed by atoms with van der Waals surface area (Å²) in [7, 11) is 0. The average molecular weight is 347 g/mol. The van der Waals surface area contributed by atoms with Crippen molar-refractivity contribution in [3.05, 3.63) is 27.7 Å². The molecule has 0 atom stereocenters. The minimum absolute atomic E-state index is 0.603. The van der Waals surface area contributed by atoms with Crippen LogP contribution in [0.3, 0.4) is 0 Å². The van der Waals surface area contributed by atoms with Gasteiger partial charge in [-0.1, -0.05) is 18.5 Å². The molecule has 0 unspecified atom stereocenters. The summed E-state index contributed by atoms with van der Waals surface area (Å²) in [6.45, 7) is 2.17. The molecular formula is C14H17BrClNO2. The Morgan fingerprint density at radius 3 is 2.63 bits per heavy atom. The number of nitrogens with one attached hydrogen (secondary N) is 1. The number of halogens is 2. The zero-order valence-electron chi connectivity index (χ0n) is 10.7. The summed E-state index contributed by atoms with van der Waals surface area (Å²) >= 11 is 9.30. The van der Waals surface area contributed by atoms with E-state index in [9.17, 15) is 9.90 Å². The van der Waals surface area contributed by atoms with E-state index in [2.05, 4.69) is 28.2 Å². The van der Waals surface area contributed by atoms with Gasteiger partial charge in [0.05, 0.1) is 5.02 Å². The van der Waals surface area contributed by atoms with E-state index >= 15 is 0 Å². The first-order valence-electron chi connectivity index (χ1n) is 6.39. The number of aliphatic carboxylic acids is 1. The normalized spacial score (nSPS) is 27.0. The van der Waals surface area contributed by atoms with Crippen LogP contribution in [0.25, 0.3) is 0 Å². The zero-order valence-corrected chi connectivity index (χ0v) is 13.1. The van der Waals surface area contributed by atoms with Crippen LogP contribution in [0.2, 0.25) is 5.02 Å². The lowest BCUT2D eigenvalue weighted by Crippen LogP contribution is -2.48. The number of hydrogen-bond donors (Lipinski definition) is 2. The van der Waals surface area contributed by atoms with E-state index in [-0.39, 0.29) is 0 Å². The second-order valence-electron chi connectivity index (χ2n) is 5.32. The molecule has 0 heterocycles. The van der Waals surface area contributed by atoms with E-state index in [1.165, 1.54) is 0 Å². The van der Waals surface area contributed by atoms with Crippen molar-refractivity contribution < 1.29 is 9.90 Å². The maximum atomic E-state index is 11.6. The van der Waals surface area contributed by atoms with Crippen molar-refractivity contribution in [2.24, 2.45) is 5.92 Å². The predicted octanol–water partition coefficient (Wildman–Crippen LogP) is 4.55. The lowest BCUT2D eigenvalue weighted by Gasteiger charge is -2.37. The van der Waals surface area contributed by atoms with Crippen LogP contribution in [0, 0.1) is 5.92 Å². The van der Waals surface area contributed by atoms with Gasteiger partial charge in [-0.2, -0.15) is 0 Å². The number of carboxylic acids is 1. The third-order valence-corrected chi connectivity index (χ3v) is 5.05. The minimum Gasteiger partial charge on any atom is -0.480 e. The van der Waals surface area contributed by atoms with Crippen LogP contribution in [0.15, 0.2) is 22.7 Å². The molecule has 5 heteroatoms. The fourth-order valence-corrected chi connectivity index (χ4v) is 2.99. The lowest BCUT2D eigenvalue weighted by atomic mass is 9.77. The van der Waals surface area contributed by atoms with Crippen molar-refractivity contribution in [3.8, 4) is 0 Å². The van der Waals surface area contributed by atoms with Gasteiger partial charge in [-0.3, -0.25) is 0 Å². The van der Waals surface area contributed by atoms with Crippen LogP contribution in [0.1, 0.15) is 32.6 Å². The molecule has 1 aromatic carbocycles. The van der Waals surface area contributed by atoms with Gasteiger partial charge >= 0.3 is 5.97 Å². The maximum Gasteiger partial charge on any atom is 0.329 e. The Morgan fingerprint density at radius 1 is 1.47 bits per heavy atom. The second-order valence-corrected chi connectivity index (χ2v) is 6.59. The van der Waals surface area contributed by atoms with Crippen LogP contribution < -0.4 is 5.32 Å². The number of rotatable bonds is 3. The molecule has 104 valence electrons. The monoisotopic (exact) mass is 345 g/mol. The van der Waals surface area contributed by atoms with Gasteiger partial charge in [0.1, 0.15) is 5.54 Å². The Kier molecular flexibility index (Phi) is 4.41. The van der Waals surface area contributed by atoms with Crippen LogP contribution in [-0.4, -0.2) is 16.6 Å². The second kappa shape index (κ2) is 5.71. The van der Waals surface area contributed by atoms with Crippen molar-refractivity contribution in [1.29, 1.82) is 0 Å². The SMILES string of the molecule is CC1CCC(Nc2ccc(Cl)c(Br)c2)(C(=O)O)CC1. The van der Waals surface area contributed by atoms with Gasteiger partial charge in [-0.05, 0) is 65.7 Å². The average Bonchev–Trinajstić information content (AvgIpc) is 2.37. The molecule has 2 N–H and O–H groups in total. The van der Waals surface area contributed by atoms with Crippen molar-refractivity contribution in [3.63, 3.8) is 0 Å². The van der Waals surface area contributed by atoms with E-state index in [1.807, 2.05) is 12.1 Å². The summed E-state index contributed by atoms with van der Waals surface area (Å²) in [5.74, 6) is -0.170. The van der Waals surface area contributed by atoms with Crippen molar-refractivity contribution in [1.82, 2.24) is 0 Å². The molecule has 1 fully saturated rings. The number of carbonyl (C=O) groups is 1. The van der Waals surface area contributed by atoms with E-state index in [0.29, 0.717) is 23.8 Å². The smallest absolute Gasteiger partial charge is 0.329 e. The largest absolute Gasteiger partial charge is 0.480 e. The molecule has 0 amide bonds. The van der Waals surface area contributed by atoms with Gasteiger partial charge < -0.3 is 10.4 Å². The van der Waals surface area contributed by atoms with Gasteiger partial charge in [0.25, 0.3) is 0 Å². The van der Waals surface area contributed by atoms with Gasteiger partial charge in [0, 0.05) is 10.2 Å². The molecule has 1 saturated carbocycles. The third kappa shape index (κ3) is 3.23. The van der Waals surface area contributed by atoms with E-state index in [4.69, 9.17) is 11.6 Å². The highest BCUT2D eigenvalue weighted by molar-refractivity contribution is 9.10. The highest BCUT2D eigenvalue weighted by Gasteiger charge is 2.41. The van der Waals surface area contributed by atoms with E-state index in [1.54, 1.807) is 6.07 Å². The van der Waals surface area contributed by atoms with Crippen molar-refractivity contribution in [2.75, 3.05) is 5.32 Å². The molecule has 1 aromatic rings.